The van der Waals surface area contributed by atoms with Gasteiger partial charge in [-0.05, 0) is 19.1 Å². The van der Waals surface area contributed by atoms with Crippen LogP contribution >= 0.6 is 11.6 Å². The van der Waals surface area contributed by atoms with E-state index >= 15 is 0 Å². The highest BCUT2D eigenvalue weighted by molar-refractivity contribution is 6.18. The summed E-state index contributed by atoms with van der Waals surface area (Å²) in [6, 6.07) is 7.29. The van der Waals surface area contributed by atoms with Crippen molar-refractivity contribution in [3.05, 3.63) is 24.3 Å². The second-order valence-electron chi connectivity index (χ2n) is 3.03. The third kappa shape index (κ3) is 4.40. The van der Waals surface area contributed by atoms with E-state index in [0.717, 1.165) is 5.75 Å². The Hall–Kier alpha value is -0.930. The van der Waals surface area contributed by atoms with Crippen LogP contribution in [0.4, 0.5) is 0 Å². The molecule has 4 heteroatoms. The van der Waals surface area contributed by atoms with Crippen LogP contribution in [0.15, 0.2) is 24.3 Å². The van der Waals surface area contributed by atoms with Crippen molar-refractivity contribution in [2.75, 3.05) is 19.1 Å². The molecule has 1 unspecified atom stereocenters. The van der Waals surface area contributed by atoms with E-state index in [4.69, 9.17) is 21.1 Å². The maximum absolute atomic E-state index is 9.20. The van der Waals surface area contributed by atoms with Crippen molar-refractivity contribution >= 4 is 11.6 Å². The normalized spacial score (nSPS) is 12.2. The predicted molar refractivity (Wildman–Crippen MR) is 59.8 cm³/mol. The second kappa shape index (κ2) is 6.53. The van der Waals surface area contributed by atoms with Crippen molar-refractivity contribution in [1.82, 2.24) is 0 Å². The van der Waals surface area contributed by atoms with E-state index in [0.29, 0.717) is 12.4 Å². The zero-order valence-corrected chi connectivity index (χ0v) is 9.41. The number of hydrogen-bond acceptors (Lipinski definition) is 3. The minimum atomic E-state index is -0.637. The summed E-state index contributed by atoms with van der Waals surface area (Å²) in [5.74, 6) is 1.60. The van der Waals surface area contributed by atoms with Gasteiger partial charge in [0.1, 0.15) is 24.2 Å². The largest absolute Gasteiger partial charge is 0.494 e. The van der Waals surface area contributed by atoms with Crippen LogP contribution in [0.5, 0.6) is 11.5 Å². The van der Waals surface area contributed by atoms with Crippen LogP contribution in [0.3, 0.4) is 0 Å². The summed E-state index contributed by atoms with van der Waals surface area (Å²) in [7, 11) is 0. The Balaban J connectivity index is 2.50. The molecular weight excluding hydrogens is 216 g/mol. The minimum absolute atomic E-state index is 0.172. The van der Waals surface area contributed by atoms with E-state index in [2.05, 4.69) is 0 Å². The lowest BCUT2D eigenvalue weighted by molar-refractivity contribution is 0.125. The Labute approximate surface area is 94.6 Å². The smallest absolute Gasteiger partial charge is 0.123 e. The molecule has 0 spiro atoms. The summed E-state index contributed by atoms with van der Waals surface area (Å²) in [5.41, 5.74) is 0. The summed E-state index contributed by atoms with van der Waals surface area (Å²) in [6.07, 6.45) is -0.637. The Kier molecular flexibility index (Phi) is 5.29. The number of aliphatic hydroxyl groups is 1. The van der Waals surface area contributed by atoms with Gasteiger partial charge >= 0.3 is 0 Å². The lowest BCUT2D eigenvalue weighted by Gasteiger charge is -2.10. The Bertz CT molecular complexity index is 291. The number of hydrogen-bond donors (Lipinski definition) is 1. The van der Waals surface area contributed by atoms with E-state index in [1.54, 1.807) is 6.07 Å². The molecule has 0 aromatic heterocycles. The van der Waals surface area contributed by atoms with Crippen LogP contribution in [-0.2, 0) is 0 Å². The van der Waals surface area contributed by atoms with Crippen molar-refractivity contribution < 1.29 is 14.6 Å². The summed E-state index contributed by atoms with van der Waals surface area (Å²) in [5, 5.41) is 9.20. The van der Waals surface area contributed by atoms with Gasteiger partial charge in [0.25, 0.3) is 0 Å². The van der Waals surface area contributed by atoms with Crippen molar-refractivity contribution in [1.29, 1.82) is 0 Å². The molecule has 3 nitrogen and oxygen atoms in total. The van der Waals surface area contributed by atoms with Gasteiger partial charge in [0, 0.05) is 6.07 Å². The summed E-state index contributed by atoms with van der Waals surface area (Å²) in [6.45, 7) is 2.73. The average Bonchev–Trinajstić information content (AvgIpc) is 2.27. The zero-order valence-electron chi connectivity index (χ0n) is 8.65. The van der Waals surface area contributed by atoms with Gasteiger partial charge in [-0.25, -0.2) is 0 Å². The first-order valence-corrected chi connectivity index (χ1v) is 5.39. The van der Waals surface area contributed by atoms with Crippen LogP contribution in [0.25, 0.3) is 0 Å². The molecule has 0 heterocycles. The van der Waals surface area contributed by atoms with Gasteiger partial charge in [0.05, 0.1) is 12.5 Å². The van der Waals surface area contributed by atoms with E-state index in [9.17, 15) is 5.11 Å². The molecule has 0 aliphatic carbocycles. The topological polar surface area (TPSA) is 38.7 Å². The molecular formula is C11H15ClO3. The predicted octanol–water partition coefficient (Wildman–Crippen LogP) is 2.06. The molecule has 0 fully saturated rings. The summed E-state index contributed by atoms with van der Waals surface area (Å²) in [4.78, 5) is 0. The molecule has 0 aliphatic rings. The molecule has 0 radical (unpaired) electrons. The maximum atomic E-state index is 9.20. The minimum Gasteiger partial charge on any atom is -0.494 e. The van der Waals surface area contributed by atoms with Crippen LogP contribution in [-0.4, -0.2) is 30.3 Å². The van der Waals surface area contributed by atoms with Gasteiger partial charge in [-0.15, -0.1) is 11.6 Å². The molecule has 1 rings (SSSR count). The van der Waals surface area contributed by atoms with Gasteiger partial charge in [0.2, 0.25) is 0 Å². The quantitative estimate of drug-likeness (QED) is 0.761. The fourth-order valence-corrected chi connectivity index (χ4v) is 1.15. The number of ether oxygens (including phenoxy) is 2. The number of aliphatic hydroxyl groups excluding tert-OH is 1. The van der Waals surface area contributed by atoms with Crippen LogP contribution in [0.1, 0.15) is 6.92 Å². The fourth-order valence-electron chi connectivity index (χ4n) is 1.06. The molecule has 15 heavy (non-hydrogen) atoms. The van der Waals surface area contributed by atoms with E-state index in [-0.39, 0.29) is 12.5 Å². The molecule has 1 atom stereocenters. The average molecular weight is 231 g/mol. The molecule has 0 saturated heterocycles. The summed E-state index contributed by atoms with van der Waals surface area (Å²) >= 11 is 5.44. The molecule has 0 amide bonds. The SMILES string of the molecule is CCOc1cccc(OCC(O)CCl)c1. The molecule has 1 N–H and O–H groups in total. The number of alkyl halides is 1. The lowest BCUT2D eigenvalue weighted by atomic mass is 10.3. The first-order valence-electron chi connectivity index (χ1n) is 4.86. The third-order valence-electron chi connectivity index (χ3n) is 1.74. The fraction of sp³-hybridized carbons (Fsp3) is 0.455. The van der Waals surface area contributed by atoms with E-state index in [1.165, 1.54) is 0 Å². The van der Waals surface area contributed by atoms with Gasteiger partial charge < -0.3 is 14.6 Å². The highest BCUT2D eigenvalue weighted by Crippen LogP contribution is 2.19. The third-order valence-corrected chi connectivity index (χ3v) is 2.09. The summed E-state index contributed by atoms with van der Waals surface area (Å²) < 4.78 is 10.6. The Morgan fingerprint density at radius 1 is 1.33 bits per heavy atom. The first kappa shape index (κ1) is 12.1. The van der Waals surface area contributed by atoms with Crippen molar-refractivity contribution in [2.24, 2.45) is 0 Å². The van der Waals surface area contributed by atoms with Crippen LogP contribution < -0.4 is 9.47 Å². The second-order valence-corrected chi connectivity index (χ2v) is 3.34. The highest BCUT2D eigenvalue weighted by atomic mass is 35.5. The van der Waals surface area contributed by atoms with Crippen molar-refractivity contribution in [2.45, 2.75) is 13.0 Å². The van der Waals surface area contributed by atoms with Gasteiger partial charge in [-0.2, -0.15) is 0 Å². The number of benzene rings is 1. The van der Waals surface area contributed by atoms with E-state index in [1.807, 2.05) is 25.1 Å². The van der Waals surface area contributed by atoms with Gasteiger partial charge in [-0.1, -0.05) is 6.07 Å². The van der Waals surface area contributed by atoms with Crippen LogP contribution in [0, 0.1) is 0 Å². The number of halogens is 1. The zero-order chi connectivity index (χ0) is 11.1. The lowest BCUT2D eigenvalue weighted by Crippen LogP contribution is -2.18. The molecule has 1 aromatic carbocycles. The first-order chi connectivity index (χ1) is 7.26. The molecule has 84 valence electrons. The maximum Gasteiger partial charge on any atom is 0.123 e. The Morgan fingerprint density at radius 3 is 2.60 bits per heavy atom. The Morgan fingerprint density at radius 2 is 2.00 bits per heavy atom. The monoisotopic (exact) mass is 230 g/mol. The molecule has 0 bridgehead atoms. The van der Waals surface area contributed by atoms with Crippen LogP contribution in [0.2, 0.25) is 0 Å². The molecule has 0 saturated carbocycles. The van der Waals surface area contributed by atoms with Crippen molar-refractivity contribution in [3.8, 4) is 11.5 Å². The van der Waals surface area contributed by atoms with Crippen molar-refractivity contribution in [3.63, 3.8) is 0 Å². The van der Waals surface area contributed by atoms with Gasteiger partial charge in [0.15, 0.2) is 0 Å². The number of rotatable bonds is 6. The molecule has 0 aliphatic heterocycles. The molecule has 1 aromatic rings. The highest BCUT2D eigenvalue weighted by Gasteiger charge is 2.03. The standard InChI is InChI=1S/C11H15ClO3/c1-2-14-10-4-3-5-11(6-10)15-8-9(13)7-12/h3-6,9,13H,2,7-8H2,1H3. The van der Waals surface area contributed by atoms with E-state index < -0.39 is 6.10 Å². The van der Waals surface area contributed by atoms with Gasteiger partial charge in [-0.3, -0.25) is 0 Å².